The second-order valence-electron chi connectivity index (χ2n) is 3.60. The molecule has 17 heavy (non-hydrogen) atoms. The van der Waals surface area contributed by atoms with E-state index >= 15 is 0 Å². The van der Waals surface area contributed by atoms with Crippen molar-refractivity contribution in [1.82, 2.24) is 4.31 Å². The number of hydrogen-bond acceptors (Lipinski definition) is 2. The summed E-state index contributed by atoms with van der Waals surface area (Å²) < 4.78 is 25.7. The fourth-order valence-electron chi connectivity index (χ4n) is 1.14. The van der Waals surface area contributed by atoms with E-state index in [-0.39, 0.29) is 16.0 Å². The molecule has 0 saturated carbocycles. The zero-order valence-electron chi connectivity index (χ0n) is 9.32. The Balaban J connectivity index is 3.17. The van der Waals surface area contributed by atoms with Crippen LogP contribution in [0.15, 0.2) is 23.1 Å². The van der Waals surface area contributed by atoms with Gasteiger partial charge in [0.2, 0.25) is 10.0 Å². The van der Waals surface area contributed by atoms with Crippen LogP contribution in [-0.4, -0.2) is 31.1 Å². The van der Waals surface area contributed by atoms with Crippen LogP contribution in [0.3, 0.4) is 0 Å². The number of hydrogen-bond donors (Lipinski definition) is 0. The highest BCUT2D eigenvalue weighted by Crippen LogP contribution is 2.26. The quantitative estimate of drug-likeness (QED) is 0.771. The molecule has 1 aromatic rings. The lowest BCUT2D eigenvalue weighted by molar-refractivity contribution is 0.416. The first kappa shape index (κ1) is 15.2. The Hall–Kier alpha value is 0.190. The summed E-state index contributed by atoms with van der Waals surface area (Å²) in [6.45, 7) is 1.81. The largest absolute Gasteiger partial charge is 0.243 e. The first-order valence-electron chi connectivity index (χ1n) is 4.79. The van der Waals surface area contributed by atoms with Gasteiger partial charge in [0.25, 0.3) is 0 Å². The molecule has 1 unspecified atom stereocenters. The fraction of sp³-hybridized carbons (Fsp3) is 0.400. The lowest BCUT2D eigenvalue weighted by atomic mass is 10.4. The van der Waals surface area contributed by atoms with E-state index in [0.29, 0.717) is 10.4 Å². The van der Waals surface area contributed by atoms with Crippen LogP contribution in [0.4, 0.5) is 0 Å². The molecule has 0 aromatic heterocycles. The molecular weight excluding hydrogens is 349 g/mol. The first-order valence-corrected chi connectivity index (χ1v) is 8.11. The summed E-state index contributed by atoms with van der Waals surface area (Å²) in [5.74, 6) is 0. The summed E-state index contributed by atoms with van der Waals surface area (Å²) in [4.78, 5) is 0.141. The predicted molar refractivity (Wildman–Crippen MR) is 74.7 cm³/mol. The molecule has 0 aliphatic heterocycles. The Morgan fingerprint density at radius 1 is 1.35 bits per heavy atom. The SMILES string of the molecule is CC(CBr)N(C)S(=O)(=O)c1ccc(Cl)c(Cl)c1. The normalized spacial score (nSPS) is 14.0. The molecule has 0 spiro atoms. The summed E-state index contributed by atoms with van der Waals surface area (Å²) in [5.41, 5.74) is 0. The lowest BCUT2D eigenvalue weighted by Crippen LogP contribution is -2.36. The minimum absolute atomic E-state index is 0.141. The van der Waals surface area contributed by atoms with Crippen LogP contribution in [0.1, 0.15) is 6.92 Å². The third kappa shape index (κ3) is 3.35. The van der Waals surface area contributed by atoms with E-state index in [0.717, 1.165) is 0 Å². The first-order chi connectivity index (χ1) is 7.80. The monoisotopic (exact) mass is 359 g/mol. The third-order valence-electron chi connectivity index (χ3n) is 2.41. The average Bonchev–Trinajstić information content (AvgIpc) is 2.30. The van der Waals surface area contributed by atoms with Crippen LogP contribution in [-0.2, 0) is 10.0 Å². The Morgan fingerprint density at radius 3 is 2.41 bits per heavy atom. The highest BCUT2D eigenvalue weighted by molar-refractivity contribution is 9.09. The highest BCUT2D eigenvalue weighted by atomic mass is 79.9. The van der Waals surface area contributed by atoms with Gasteiger partial charge < -0.3 is 0 Å². The van der Waals surface area contributed by atoms with Gasteiger partial charge in [0.05, 0.1) is 14.9 Å². The molecule has 7 heteroatoms. The van der Waals surface area contributed by atoms with Crippen LogP contribution in [0.5, 0.6) is 0 Å². The summed E-state index contributed by atoms with van der Waals surface area (Å²) in [6.07, 6.45) is 0. The van der Waals surface area contributed by atoms with Crippen molar-refractivity contribution in [3.05, 3.63) is 28.2 Å². The van der Waals surface area contributed by atoms with Crippen molar-refractivity contribution < 1.29 is 8.42 Å². The lowest BCUT2D eigenvalue weighted by Gasteiger charge is -2.22. The second kappa shape index (κ2) is 5.89. The predicted octanol–water partition coefficient (Wildman–Crippen LogP) is 3.40. The molecule has 1 aromatic carbocycles. The topological polar surface area (TPSA) is 37.4 Å². The van der Waals surface area contributed by atoms with Gasteiger partial charge in [-0.3, -0.25) is 0 Å². The minimum Gasteiger partial charge on any atom is -0.207 e. The van der Waals surface area contributed by atoms with Crippen LogP contribution < -0.4 is 0 Å². The molecule has 96 valence electrons. The van der Waals surface area contributed by atoms with Crippen molar-refractivity contribution in [2.24, 2.45) is 0 Å². The van der Waals surface area contributed by atoms with E-state index in [2.05, 4.69) is 15.9 Å². The van der Waals surface area contributed by atoms with E-state index < -0.39 is 10.0 Å². The molecule has 0 bridgehead atoms. The van der Waals surface area contributed by atoms with Crippen LogP contribution in [0, 0.1) is 0 Å². The number of alkyl halides is 1. The van der Waals surface area contributed by atoms with Gasteiger partial charge in [0.1, 0.15) is 0 Å². The van der Waals surface area contributed by atoms with E-state index in [1.54, 1.807) is 0 Å². The van der Waals surface area contributed by atoms with Crippen molar-refractivity contribution >= 4 is 49.2 Å². The summed E-state index contributed by atoms with van der Waals surface area (Å²) >= 11 is 14.8. The van der Waals surface area contributed by atoms with E-state index in [4.69, 9.17) is 23.2 Å². The average molecular weight is 361 g/mol. The van der Waals surface area contributed by atoms with Gasteiger partial charge in [-0.25, -0.2) is 8.42 Å². The van der Waals surface area contributed by atoms with E-state index in [1.807, 2.05) is 6.92 Å². The molecule has 0 aliphatic rings. The summed E-state index contributed by atoms with van der Waals surface area (Å²) in [7, 11) is -2.00. The number of benzene rings is 1. The van der Waals surface area contributed by atoms with Crippen molar-refractivity contribution in [3.8, 4) is 0 Å². The van der Waals surface area contributed by atoms with Gasteiger partial charge in [-0.2, -0.15) is 4.31 Å². The van der Waals surface area contributed by atoms with Crippen LogP contribution in [0.2, 0.25) is 10.0 Å². The molecular formula is C10H12BrCl2NO2S. The van der Waals surface area contributed by atoms with E-state index in [9.17, 15) is 8.42 Å². The zero-order chi connectivity index (χ0) is 13.2. The summed E-state index contributed by atoms with van der Waals surface area (Å²) in [6, 6.07) is 4.13. The maximum Gasteiger partial charge on any atom is 0.243 e. The Morgan fingerprint density at radius 2 is 1.94 bits per heavy atom. The van der Waals surface area contributed by atoms with Crippen molar-refractivity contribution in [3.63, 3.8) is 0 Å². The number of sulfonamides is 1. The molecule has 0 heterocycles. The molecule has 0 fully saturated rings. The smallest absolute Gasteiger partial charge is 0.207 e. The van der Waals surface area contributed by atoms with Gasteiger partial charge in [-0.05, 0) is 25.1 Å². The van der Waals surface area contributed by atoms with Gasteiger partial charge in [0, 0.05) is 18.4 Å². The maximum atomic E-state index is 12.2. The molecule has 0 saturated heterocycles. The maximum absolute atomic E-state index is 12.2. The van der Waals surface area contributed by atoms with Crippen LogP contribution >= 0.6 is 39.1 Å². The molecule has 1 rings (SSSR count). The molecule has 3 nitrogen and oxygen atoms in total. The minimum atomic E-state index is -3.53. The number of rotatable bonds is 4. The third-order valence-corrected chi connectivity index (χ3v) is 6.06. The second-order valence-corrected chi connectivity index (χ2v) is 7.06. The van der Waals surface area contributed by atoms with Crippen molar-refractivity contribution in [2.75, 3.05) is 12.4 Å². The molecule has 0 radical (unpaired) electrons. The standard InChI is InChI=1S/C10H12BrCl2NO2S/c1-7(6-11)14(2)17(15,16)8-3-4-9(12)10(13)5-8/h3-5,7H,6H2,1-2H3. The van der Waals surface area contributed by atoms with Crippen molar-refractivity contribution in [1.29, 1.82) is 0 Å². The number of halogens is 3. The molecule has 0 N–H and O–H groups in total. The van der Waals surface area contributed by atoms with Gasteiger partial charge >= 0.3 is 0 Å². The highest BCUT2D eigenvalue weighted by Gasteiger charge is 2.25. The van der Waals surface area contributed by atoms with Crippen LogP contribution in [0.25, 0.3) is 0 Å². The van der Waals surface area contributed by atoms with Gasteiger partial charge in [-0.15, -0.1) is 0 Å². The Bertz CT molecular complexity index is 507. The molecule has 0 amide bonds. The Labute approximate surface area is 120 Å². The Kier molecular flexibility index (Phi) is 5.28. The molecule has 1 atom stereocenters. The fourth-order valence-corrected chi connectivity index (χ4v) is 3.51. The van der Waals surface area contributed by atoms with Crippen molar-refractivity contribution in [2.45, 2.75) is 17.9 Å². The summed E-state index contributed by atoms with van der Waals surface area (Å²) in [5, 5.41) is 1.12. The number of nitrogens with zero attached hydrogens (tertiary/aromatic N) is 1. The van der Waals surface area contributed by atoms with Gasteiger partial charge in [0.15, 0.2) is 0 Å². The van der Waals surface area contributed by atoms with Gasteiger partial charge in [-0.1, -0.05) is 39.1 Å². The van der Waals surface area contributed by atoms with E-state index in [1.165, 1.54) is 29.6 Å². The molecule has 0 aliphatic carbocycles. The zero-order valence-corrected chi connectivity index (χ0v) is 13.2.